The van der Waals surface area contributed by atoms with Crippen LogP contribution in [0.3, 0.4) is 0 Å². The Kier molecular flexibility index (Phi) is 5.83. The van der Waals surface area contributed by atoms with Gasteiger partial charge in [-0.1, -0.05) is 13.8 Å². The highest BCUT2D eigenvalue weighted by Gasteiger charge is 2.26. The normalized spacial score (nSPS) is 14.2. The molecule has 0 atom stereocenters. The third-order valence-electron chi connectivity index (χ3n) is 5.22. The minimum absolute atomic E-state index is 0.116. The molecule has 0 radical (unpaired) electrons. The Bertz CT molecular complexity index is 1080. The van der Waals surface area contributed by atoms with Crippen LogP contribution in [0, 0.1) is 5.82 Å². The van der Waals surface area contributed by atoms with Crippen LogP contribution in [0.1, 0.15) is 36.0 Å². The van der Waals surface area contributed by atoms with Crippen molar-refractivity contribution in [3.63, 3.8) is 0 Å². The molecule has 9 heteroatoms. The lowest BCUT2D eigenvalue weighted by atomic mass is 10.1. The van der Waals surface area contributed by atoms with Crippen molar-refractivity contribution in [2.45, 2.75) is 19.8 Å². The molecule has 0 aliphatic carbocycles. The summed E-state index contributed by atoms with van der Waals surface area (Å²) in [7, 11) is 1.39. The van der Waals surface area contributed by atoms with Crippen LogP contribution < -0.4 is 9.64 Å². The first-order valence-corrected chi connectivity index (χ1v) is 10.1. The lowest BCUT2D eigenvalue weighted by Crippen LogP contribution is -2.49. The van der Waals surface area contributed by atoms with Crippen molar-refractivity contribution in [3.05, 3.63) is 53.8 Å². The molecule has 3 heterocycles. The summed E-state index contributed by atoms with van der Waals surface area (Å²) in [5.41, 5.74) is 1.07. The lowest BCUT2D eigenvalue weighted by Gasteiger charge is -2.36. The lowest BCUT2D eigenvalue weighted by molar-refractivity contribution is 0.0746. The van der Waals surface area contributed by atoms with E-state index in [1.54, 1.807) is 17.2 Å². The van der Waals surface area contributed by atoms with E-state index >= 15 is 0 Å². The highest BCUT2D eigenvalue weighted by atomic mass is 19.1. The summed E-state index contributed by atoms with van der Waals surface area (Å²) in [6.45, 7) is 6.13. The van der Waals surface area contributed by atoms with E-state index < -0.39 is 5.82 Å². The molecule has 0 N–H and O–H groups in total. The number of halogens is 1. The number of benzene rings is 1. The number of ether oxygens (including phenoxy) is 1. The predicted octanol–water partition coefficient (Wildman–Crippen LogP) is 3.37. The number of carbonyl (C=O) groups excluding carboxylic acids is 1. The number of amides is 1. The molecule has 1 aliphatic rings. The zero-order valence-corrected chi connectivity index (χ0v) is 17.7. The van der Waals surface area contributed by atoms with Crippen LogP contribution in [0.2, 0.25) is 0 Å². The molecule has 1 amide bonds. The largest absolute Gasteiger partial charge is 0.494 e. The Morgan fingerprint density at radius 3 is 2.58 bits per heavy atom. The first-order chi connectivity index (χ1) is 15.0. The molecular formula is C22H24FN5O3. The fourth-order valence-electron chi connectivity index (χ4n) is 3.50. The summed E-state index contributed by atoms with van der Waals surface area (Å²) in [5.74, 6) is 1.24. The highest BCUT2D eigenvalue weighted by Crippen LogP contribution is 2.30. The van der Waals surface area contributed by atoms with Crippen LogP contribution in [0.5, 0.6) is 5.75 Å². The highest BCUT2D eigenvalue weighted by molar-refractivity contribution is 5.94. The van der Waals surface area contributed by atoms with Crippen molar-refractivity contribution in [3.8, 4) is 17.2 Å². The second-order valence-corrected chi connectivity index (χ2v) is 7.60. The van der Waals surface area contributed by atoms with E-state index in [9.17, 15) is 9.18 Å². The molecule has 3 aromatic rings. The van der Waals surface area contributed by atoms with Gasteiger partial charge in [0, 0.05) is 43.9 Å². The number of hydrogen-bond acceptors (Lipinski definition) is 7. The summed E-state index contributed by atoms with van der Waals surface area (Å²) in [4.78, 5) is 21.1. The van der Waals surface area contributed by atoms with E-state index in [4.69, 9.17) is 9.15 Å². The monoisotopic (exact) mass is 425 g/mol. The Morgan fingerprint density at radius 1 is 1.16 bits per heavy atom. The Labute approximate surface area is 179 Å². The van der Waals surface area contributed by atoms with Gasteiger partial charge in [0.25, 0.3) is 11.8 Å². The number of piperazine rings is 1. The van der Waals surface area contributed by atoms with Crippen molar-refractivity contribution < 1.29 is 18.3 Å². The van der Waals surface area contributed by atoms with Crippen molar-refractivity contribution in [2.75, 3.05) is 38.2 Å². The number of pyridine rings is 1. The number of methoxy groups -OCH3 is 1. The molecule has 1 aliphatic heterocycles. The van der Waals surface area contributed by atoms with Gasteiger partial charge in [-0.2, -0.15) is 0 Å². The molecule has 162 valence electrons. The van der Waals surface area contributed by atoms with E-state index in [0.29, 0.717) is 43.5 Å². The maximum atomic E-state index is 14.0. The fraction of sp³-hybridized carbons (Fsp3) is 0.364. The SMILES string of the molecule is COc1ccc(C(=O)N2CCN(c3ncccc3-c3nnc(C(C)C)o3)CC2)cc1F. The molecule has 2 aromatic heterocycles. The van der Waals surface area contributed by atoms with Gasteiger partial charge >= 0.3 is 0 Å². The van der Waals surface area contributed by atoms with Gasteiger partial charge in [-0.3, -0.25) is 4.79 Å². The van der Waals surface area contributed by atoms with Crippen LogP contribution in [-0.4, -0.2) is 59.3 Å². The van der Waals surface area contributed by atoms with Crippen molar-refractivity contribution in [2.24, 2.45) is 0 Å². The van der Waals surface area contributed by atoms with Gasteiger partial charge in [0.15, 0.2) is 11.6 Å². The van der Waals surface area contributed by atoms with Gasteiger partial charge in [0.2, 0.25) is 5.89 Å². The van der Waals surface area contributed by atoms with Gasteiger partial charge in [-0.05, 0) is 30.3 Å². The first kappa shape index (κ1) is 20.8. The molecule has 0 saturated carbocycles. The second kappa shape index (κ2) is 8.71. The Balaban J connectivity index is 1.48. The van der Waals surface area contributed by atoms with Crippen LogP contribution in [-0.2, 0) is 0 Å². The average molecular weight is 425 g/mol. The van der Waals surface area contributed by atoms with Gasteiger partial charge in [-0.15, -0.1) is 10.2 Å². The average Bonchev–Trinajstić information content (AvgIpc) is 3.29. The minimum atomic E-state index is -0.551. The number of carbonyl (C=O) groups is 1. The van der Waals surface area contributed by atoms with Crippen LogP contribution in [0.15, 0.2) is 40.9 Å². The maximum absolute atomic E-state index is 14.0. The smallest absolute Gasteiger partial charge is 0.254 e. The van der Waals surface area contributed by atoms with E-state index in [1.165, 1.54) is 19.2 Å². The van der Waals surface area contributed by atoms with Crippen LogP contribution in [0.25, 0.3) is 11.5 Å². The third-order valence-corrected chi connectivity index (χ3v) is 5.22. The standard InChI is InChI=1S/C22H24FN5O3/c1-14(2)20-25-26-21(31-20)16-5-4-8-24-19(16)27-9-11-28(12-10-27)22(29)15-6-7-18(30-3)17(23)13-15/h4-8,13-14H,9-12H2,1-3H3. The predicted molar refractivity (Wildman–Crippen MR) is 113 cm³/mol. The number of hydrogen-bond donors (Lipinski definition) is 0. The minimum Gasteiger partial charge on any atom is -0.494 e. The summed E-state index contributed by atoms with van der Waals surface area (Å²) >= 11 is 0. The topological polar surface area (TPSA) is 84.6 Å². The van der Waals surface area contributed by atoms with E-state index in [0.717, 1.165) is 11.4 Å². The van der Waals surface area contributed by atoms with E-state index in [1.807, 2.05) is 26.0 Å². The van der Waals surface area contributed by atoms with Crippen molar-refractivity contribution in [1.29, 1.82) is 0 Å². The second-order valence-electron chi connectivity index (χ2n) is 7.60. The van der Waals surface area contributed by atoms with Crippen LogP contribution >= 0.6 is 0 Å². The summed E-state index contributed by atoms with van der Waals surface area (Å²) in [5, 5.41) is 8.29. The van der Waals surface area contributed by atoms with E-state index in [2.05, 4.69) is 20.1 Å². The molecule has 1 fully saturated rings. The molecule has 0 spiro atoms. The van der Waals surface area contributed by atoms with Gasteiger partial charge < -0.3 is 19.0 Å². The fourth-order valence-corrected chi connectivity index (χ4v) is 3.50. The summed E-state index contributed by atoms with van der Waals surface area (Å²) in [6.07, 6.45) is 1.72. The summed E-state index contributed by atoms with van der Waals surface area (Å²) in [6, 6.07) is 7.99. The molecular weight excluding hydrogens is 401 g/mol. The number of rotatable bonds is 5. The molecule has 0 bridgehead atoms. The summed E-state index contributed by atoms with van der Waals surface area (Å²) < 4.78 is 24.7. The molecule has 1 aromatic carbocycles. The van der Waals surface area contributed by atoms with Crippen LogP contribution in [0.4, 0.5) is 10.2 Å². The molecule has 4 rings (SSSR count). The Morgan fingerprint density at radius 2 is 1.94 bits per heavy atom. The zero-order valence-electron chi connectivity index (χ0n) is 17.7. The Hall–Kier alpha value is -3.49. The van der Waals surface area contributed by atoms with Gasteiger partial charge in [0.05, 0.1) is 12.7 Å². The molecule has 31 heavy (non-hydrogen) atoms. The van der Waals surface area contributed by atoms with Crippen molar-refractivity contribution in [1.82, 2.24) is 20.1 Å². The van der Waals surface area contributed by atoms with E-state index in [-0.39, 0.29) is 17.6 Å². The zero-order chi connectivity index (χ0) is 22.0. The molecule has 8 nitrogen and oxygen atoms in total. The maximum Gasteiger partial charge on any atom is 0.254 e. The molecule has 1 saturated heterocycles. The molecule has 0 unspecified atom stereocenters. The number of aromatic nitrogens is 3. The first-order valence-electron chi connectivity index (χ1n) is 10.1. The van der Waals surface area contributed by atoms with Crippen molar-refractivity contribution >= 4 is 11.7 Å². The number of nitrogens with zero attached hydrogens (tertiary/aromatic N) is 5. The van der Waals surface area contributed by atoms with Gasteiger partial charge in [-0.25, -0.2) is 9.37 Å². The quantitative estimate of drug-likeness (QED) is 0.620. The third kappa shape index (κ3) is 4.21. The number of anilines is 1. The van der Waals surface area contributed by atoms with Gasteiger partial charge in [0.1, 0.15) is 5.82 Å².